The summed E-state index contributed by atoms with van der Waals surface area (Å²) >= 11 is 0. The van der Waals surface area contributed by atoms with Crippen LogP contribution >= 0.6 is 0 Å². The zero-order chi connectivity index (χ0) is 14.1. The molecule has 6 nitrogen and oxygen atoms in total. The second-order valence-electron chi connectivity index (χ2n) is 4.60. The van der Waals surface area contributed by atoms with Crippen LogP contribution in [0.5, 0.6) is 0 Å². The molecule has 102 valence electrons. The molecule has 0 bridgehead atoms. The molecule has 0 unspecified atom stereocenters. The summed E-state index contributed by atoms with van der Waals surface area (Å²) in [6, 6.07) is 2.99. The second kappa shape index (κ2) is 4.80. The van der Waals surface area contributed by atoms with Crippen LogP contribution in [0.15, 0.2) is 51.1 Å². The van der Waals surface area contributed by atoms with Gasteiger partial charge in [-0.25, -0.2) is 9.78 Å². The number of rotatable bonds is 3. The van der Waals surface area contributed by atoms with Gasteiger partial charge in [-0.15, -0.1) is 0 Å². The van der Waals surface area contributed by atoms with Crippen LogP contribution in [0.3, 0.4) is 0 Å². The second-order valence-corrected chi connectivity index (χ2v) is 4.60. The lowest BCUT2D eigenvalue weighted by atomic mass is 10.2. The van der Waals surface area contributed by atoms with E-state index in [0.717, 1.165) is 0 Å². The van der Waals surface area contributed by atoms with Crippen LogP contribution in [0, 0.1) is 6.92 Å². The maximum absolute atomic E-state index is 12.4. The highest BCUT2D eigenvalue weighted by Crippen LogP contribution is 2.11. The van der Waals surface area contributed by atoms with Gasteiger partial charge in [-0.2, -0.15) is 0 Å². The van der Waals surface area contributed by atoms with E-state index in [0.29, 0.717) is 29.6 Å². The molecule has 0 saturated heterocycles. The molecule has 0 aliphatic carbocycles. The van der Waals surface area contributed by atoms with Gasteiger partial charge in [-0.3, -0.25) is 4.79 Å². The van der Waals surface area contributed by atoms with Crippen molar-refractivity contribution in [1.82, 2.24) is 14.1 Å². The molecular formula is C14H13N3O3. The smallest absolute Gasteiger partial charge is 0.336 e. The molecule has 3 heterocycles. The van der Waals surface area contributed by atoms with Crippen LogP contribution in [0.1, 0.15) is 5.56 Å². The van der Waals surface area contributed by atoms with Crippen molar-refractivity contribution < 1.29 is 4.42 Å². The Kier molecular flexibility index (Phi) is 2.98. The van der Waals surface area contributed by atoms with Crippen molar-refractivity contribution >= 4 is 11.0 Å². The first-order valence-corrected chi connectivity index (χ1v) is 6.25. The zero-order valence-corrected chi connectivity index (χ0v) is 10.9. The highest BCUT2D eigenvalue weighted by molar-refractivity contribution is 5.78. The van der Waals surface area contributed by atoms with Crippen LogP contribution in [0.25, 0.3) is 11.0 Å². The minimum Gasteiger partial charge on any atom is -0.422 e. The first-order valence-electron chi connectivity index (χ1n) is 6.25. The quantitative estimate of drug-likeness (QED) is 0.716. The SMILES string of the molecule is Cc1cc(=O)oc2ccn(CCn3ccnc3)c(=O)c12. The van der Waals surface area contributed by atoms with E-state index in [-0.39, 0.29) is 5.56 Å². The van der Waals surface area contributed by atoms with E-state index >= 15 is 0 Å². The van der Waals surface area contributed by atoms with Crippen molar-refractivity contribution in [1.29, 1.82) is 0 Å². The maximum Gasteiger partial charge on any atom is 0.336 e. The van der Waals surface area contributed by atoms with Gasteiger partial charge in [0, 0.05) is 37.7 Å². The molecule has 0 N–H and O–H groups in total. The van der Waals surface area contributed by atoms with Crippen molar-refractivity contribution in [2.75, 3.05) is 0 Å². The lowest BCUT2D eigenvalue weighted by Crippen LogP contribution is -2.23. The van der Waals surface area contributed by atoms with Crippen LogP contribution in [-0.4, -0.2) is 14.1 Å². The van der Waals surface area contributed by atoms with Gasteiger partial charge < -0.3 is 13.6 Å². The molecule has 0 aliphatic rings. The van der Waals surface area contributed by atoms with E-state index in [1.165, 1.54) is 6.07 Å². The number of hydrogen-bond acceptors (Lipinski definition) is 4. The van der Waals surface area contributed by atoms with Crippen molar-refractivity contribution in [3.05, 3.63) is 63.4 Å². The molecule has 0 aliphatic heterocycles. The average molecular weight is 271 g/mol. The fourth-order valence-electron chi connectivity index (χ4n) is 2.21. The van der Waals surface area contributed by atoms with Gasteiger partial charge in [0.05, 0.1) is 11.7 Å². The van der Waals surface area contributed by atoms with E-state index in [4.69, 9.17) is 4.42 Å². The molecule has 3 aromatic heterocycles. The van der Waals surface area contributed by atoms with Crippen LogP contribution in [0.2, 0.25) is 0 Å². The predicted octanol–water partition coefficient (Wildman–Crippen LogP) is 1.16. The fraction of sp³-hybridized carbons (Fsp3) is 0.214. The summed E-state index contributed by atoms with van der Waals surface area (Å²) in [7, 11) is 0. The Morgan fingerprint density at radius 2 is 2.10 bits per heavy atom. The number of imidazole rings is 1. The number of aryl methyl sites for hydroxylation is 3. The van der Waals surface area contributed by atoms with Gasteiger partial charge in [0.1, 0.15) is 5.58 Å². The van der Waals surface area contributed by atoms with Crippen LogP contribution < -0.4 is 11.2 Å². The summed E-state index contributed by atoms with van der Waals surface area (Å²) < 4.78 is 8.55. The van der Waals surface area contributed by atoms with Crippen LogP contribution in [-0.2, 0) is 13.1 Å². The Bertz CT molecular complexity index is 859. The third kappa shape index (κ3) is 2.16. The topological polar surface area (TPSA) is 70.0 Å². The molecular weight excluding hydrogens is 258 g/mol. The highest BCUT2D eigenvalue weighted by atomic mass is 16.4. The molecule has 0 spiro atoms. The van der Waals surface area contributed by atoms with Gasteiger partial charge in [0.25, 0.3) is 5.56 Å². The Morgan fingerprint density at radius 1 is 1.25 bits per heavy atom. The fourth-order valence-corrected chi connectivity index (χ4v) is 2.21. The number of nitrogens with zero attached hydrogens (tertiary/aromatic N) is 3. The van der Waals surface area contributed by atoms with Gasteiger partial charge >= 0.3 is 5.63 Å². The number of hydrogen-bond donors (Lipinski definition) is 0. The van der Waals surface area contributed by atoms with E-state index in [9.17, 15) is 9.59 Å². The third-order valence-corrected chi connectivity index (χ3v) is 3.22. The molecule has 6 heteroatoms. The van der Waals surface area contributed by atoms with Gasteiger partial charge in [0.15, 0.2) is 0 Å². The Balaban J connectivity index is 2.03. The monoisotopic (exact) mass is 271 g/mol. The molecule has 3 aromatic rings. The van der Waals surface area contributed by atoms with E-state index in [2.05, 4.69) is 4.98 Å². The summed E-state index contributed by atoms with van der Waals surface area (Å²) in [4.78, 5) is 27.6. The molecule has 0 fully saturated rings. The molecule has 0 aromatic carbocycles. The Labute approximate surface area is 113 Å². The molecule has 3 rings (SSSR count). The first-order chi connectivity index (χ1) is 9.65. The lowest BCUT2D eigenvalue weighted by molar-refractivity contribution is 0.546. The molecule has 0 atom stereocenters. The first kappa shape index (κ1) is 12.4. The van der Waals surface area contributed by atoms with E-state index < -0.39 is 5.63 Å². The Morgan fingerprint density at radius 3 is 2.85 bits per heavy atom. The highest BCUT2D eigenvalue weighted by Gasteiger charge is 2.08. The Hall–Kier alpha value is -2.63. The normalized spacial score (nSPS) is 11.1. The van der Waals surface area contributed by atoms with Crippen molar-refractivity contribution in [2.24, 2.45) is 0 Å². The van der Waals surface area contributed by atoms with Gasteiger partial charge in [-0.05, 0) is 18.6 Å². The van der Waals surface area contributed by atoms with Gasteiger partial charge in [-0.1, -0.05) is 0 Å². The van der Waals surface area contributed by atoms with E-state index in [1.54, 1.807) is 36.3 Å². The number of pyridine rings is 1. The summed E-state index contributed by atoms with van der Waals surface area (Å²) in [5.74, 6) is 0. The number of aromatic nitrogens is 3. The van der Waals surface area contributed by atoms with E-state index in [1.807, 2.05) is 10.8 Å². The minimum absolute atomic E-state index is 0.149. The van der Waals surface area contributed by atoms with Crippen LogP contribution in [0.4, 0.5) is 0 Å². The summed E-state index contributed by atoms with van der Waals surface area (Å²) in [5.41, 5.74) is 0.381. The van der Waals surface area contributed by atoms with Gasteiger partial charge in [0.2, 0.25) is 0 Å². The van der Waals surface area contributed by atoms with Crippen molar-refractivity contribution in [3.63, 3.8) is 0 Å². The number of fused-ring (bicyclic) bond motifs is 1. The molecule has 0 amide bonds. The largest absolute Gasteiger partial charge is 0.422 e. The summed E-state index contributed by atoms with van der Waals surface area (Å²) in [5, 5.41) is 0.456. The zero-order valence-electron chi connectivity index (χ0n) is 10.9. The summed E-state index contributed by atoms with van der Waals surface area (Å²) in [6.07, 6.45) is 6.89. The lowest BCUT2D eigenvalue weighted by Gasteiger charge is -2.08. The molecule has 0 saturated carbocycles. The average Bonchev–Trinajstić information content (AvgIpc) is 2.90. The molecule has 20 heavy (non-hydrogen) atoms. The standard InChI is InChI=1S/C14H13N3O3/c1-10-8-12(18)20-11-2-4-17(14(19)13(10)11)7-6-16-5-3-15-9-16/h2-5,8-9H,6-7H2,1H3. The predicted molar refractivity (Wildman–Crippen MR) is 73.7 cm³/mol. The van der Waals surface area contributed by atoms with Crippen molar-refractivity contribution in [2.45, 2.75) is 20.0 Å². The summed E-state index contributed by atoms with van der Waals surface area (Å²) in [6.45, 7) is 2.92. The minimum atomic E-state index is -0.439. The maximum atomic E-state index is 12.4. The van der Waals surface area contributed by atoms with Crippen molar-refractivity contribution in [3.8, 4) is 0 Å². The molecule has 0 radical (unpaired) electrons. The third-order valence-electron chi connectivity index (χ3n) is 3.22.